The van der Waals surface area contributed by atoms with Crippen molar-refractivity contribution < 1.29 is 14.3 Å². The van der Waals surface area contributed by atoms with Crippen LogP contribution in [0.15, 0.2) is 42.5 Å². The molecule has 3 rings (SSSR count). The smallest absolute Gasteiger partial charge is 0.339 e. The Hall–Kier alpha value is -2.93. The number of nitrogens with zero attached hydrogens (tertiary/aromatic N) is 3. The molecular weight excluding hydrogens is 380 g/mol. The number of ether oxygens (including phenoxy) is 1. The van der Waals surface area contributed by atoms with Crippen LogP contribution in [0, 0.1) is 6.92 Å². The van der Waals surface area contributed by atoms with Gasteiger partial charge in [-0.05, 0) is 51.1 Å². The number of rotatable bonds is 8. The van der Waals surface area contributed by atoms with Gasteiger partial charge in [-0.1, -0.05) is 18.2 Å². The van der Waals surface area contributed by atoms with Crippen molar-refractivity contribution >= 4 is 17.6 Å². The lowest BCUT2D eigenvalue weighted by atomic mass is 10.2. The summed E-state index contributed by atoms with van der Waals surface area (Å²) in [6, 6.07) is 13.7. The molecule has 1 amide bonds. The van der Waals surface area contributed by atoms with Gasteiger partial charge in [0, 0.05) is 38.4 Å². The zero-order valence-electron chi connectivity index (χ0n) is 17.8. The maximum atomic E-state index is 12.3. The first-order valence-electron chi connectivity index (χ1n) is 10.5. The third kappa shape index (κ3) is 5.79. The Kier molecular flexibility index (Phi) is 7.79. The quantitative estimate of drug-likeness (QED) is 0.532. The van der Waals surface area contributed by atoms with E-state index in [-0.39, 0.29) is 5.91 Å². The Morgan fingerprint density at radius 3 is 2.47 bits per heavy atom. The molecule has 160 valence electrons. The van der Waals surface area contributed by atoms with Crippen molar-refractivity contribution in [3.8, 4) is 0 Å². The minimum Gasteiger partial charge on any atom is -0.462 e. The number of nitrogens with one attached hydrogen (secondary N) is 1. The number of anilines is 1. The summed E-state index contributed by atoms with van der Waals surface area (Å²) in [4.78, 5) is 33.3. The van der Waals surface area contributed by atoms with Crippen LogP contribution in [-0.4, -0.2) is 67.6 Å². The molecule has 0 spiro atoms. The number of esters is 1. The number of carbonyl (C=O) groups excluding carboxylic acids is 2. The van der Waals surface area contributed by atoms with Crippen LogP contribution in [0.5, 0.6) is 0 Å². The maximum Gasteiger partial charge on any atom is 0.339 e. The largest absolute Gasteiger partial charge is 0.462 e. The summed E-state index contributed by atoms with van der Waals surface area (Å²) < 4.78 is 4.99. The summed E-state index contributed by atoms with van der Waals surface area (Å²) in [7, 11) is 0. The Morgan fingerprint density at radius 1 is 1.07 bits per heavy atom. The van der Waals surface area contributed by atoms with Crippen LogP contribution in [0.4, 0.5) is 5.69 Å². The van der Waals surface area contributed by atoms with Crippen molar-refractivity contribution in [2.75, 3.05) is 50.8 Å². The molecule has 1 aliphatic rings. The van der Waals surface area contributed by atoms with Gasteiger partial charge in [0.05, 0.1) is 17.9 Å². The van der Waals surface area contributed by atoms with Crippen molar-refractivity contribution in [2.45, 2.75) is 20.3 Å². The summed E-state index contributed by atoms with van der Waals surface area (Å²) >= 11 is 0. The summed E-state index contributed by atoms with van der Waals surface area (Å²) in [5, 5.41) is 2.92. The molecule has 0 bridgehead atoms. The molecule has 7 nitrogen and oxygen atoms in total. The molecule has 1 N–H and O–H groups in total. The van der Waals surface area contributed by atoms with Gasteiger partial charge >= 0.3 is 5.97 Å². The highest BCUT2D eigenvalue weighted by Crippen LogP contribution is 2.15. The molecule has 0 unspecified atom stereocenters. The fourth-order valence-electron chi connectivity index (χ4n) is 3.58. The number of aryl methyl sites for hydroxylation is 1. The van der Waals surface area contributed by atoms with Gasteiger partial charge in [-0.25, -0.2) is 9.78 Å². The molecule has 30 heavy (non-hydrogen) atoms. The highest BCUT2D eigenvalue weighted by atomic mass is 16.5. The van der Waals surface area contributed by atoms with Crippen molar-refractivity contribution in [2.24, 2.45) is 0 Å². The maximum absolute atomic E-state index is 12.3. The number of para-hydroxylation sites is 1. The van der Waals surface area contributed by atoms with Gasteiger partial charge in [0.2, 0.25) is 0 Å². The second-order valence-corrected chi connectivity index (χ2v) is 7.32. The van der Waals surface area contributed by atoms with Crippen LogP contribution in [0.3, 0.4) is 0 Å². The lowest BCUT2D eigenvalue weighted by molar-refractivity contribution is 0.0524. The molecule has 7 heteroatoms. The molecule has 0 radical (unpaired) electrons. The molecule has 1 fully saturated rings. The molecule has 0 atom stereocenters. The summed E-state index contributed by atoms with van der Waals surface area (Å²) in [5.41, 5.74) is 2.48. The summed E-state index contributed by atoms with van der Waals surface area (Å²) in [5.74, 6) is -0.635. The number of pyridine rings is 1. The molecule has 2 aromatic rings. The van der Waals surface area contributed by atoms with Gasteiger partial charge in [0.1, 0.15) is 5.69 Å². The van der Waals surface area contributed by atoms with Crippen LogP contribution in [0.25, 0.3) is 0 Å². The van der Waals surface area contributed by atoms with E-state index in [0.717, 1.165) is 39.1 Å². The molecule has 1 saturated heterocycles. The van der Waals surface area contributed by atoms with E-state index in [1.807, 2.05) is 6.07 Å². The van der Waals surface area contributed by atoms with Gasteiger partial charge in [-0.15, -0.1) is 0 Å². The van der Waals surface area contributed by atoms with Crippen LogP contribution in [0.1, 0.15) is 39.9 Å². The molecule has 0 saturated carbocycles. The molecule has 1 aliphatic heterocycles. The van der Waals surface area contributed by atoms with Gasteiger partial charge in [0.15, 0.2) is 0 Å². The number of amides is 1. The third-order valence-electron chi connectivity index (χ3n) is 5.24. The Bertz CT molecular complexity index is 849. The second-order valence-electron chi connectivity index (χ2n) is 7.32. The van der Waals surface area contributed by atoms with Crippen molar-refractivity contribution in [3.05, 3.63) is 59.4 Å². The Morgan fingerprint density at radius 2 is 1.80 bits per heavy atom. The second kappa shape index (κ2) is 10.7. The molecular formula is C23H30N4O3. The van der Waals surface area contributed by atoms with E-state index >= 15 is 0 Å². The van der Waals surface area contributed by atoms with E-state index in [0.29, 0.717) is 30.1 Å². The first kappa shape index (κ1) is 21.8. The zero-order chi connectivity index (χ0) is 21.3. The average molecular weight is 411 g/mol. The standard InChI is InChI=1S/C23H30N4O3/c1-3-30-23(29)20-10-11-21(25-18(20)2)22(28)24-12-7-13-26-14-16-27(17-15-26)19-8-5-4-6-9-19/h4-6,8-11H,3,7,12-17H2,1-2H3,(H,24,28). The van der Waals surface area contributed by atoms with Crippen molar-refractivity contribution in [3.63, 3.8) is 0 Å². The zero-order valence-corrected chi connectivity index (χ0v) is 17.8. The first-order valence-corrected chi connectivity index (χ1v) is 10.5. The van der Waals surface area contributed by atoms with Gasteiger partial charge < -0.3 is 15.0 Å². The number of hydrogen-bond donors (Lipinski definition) is 1. The van der Waals surface area contributed by atoms with E-state index in [1.165, 1.54) is 5.69 Å². The highest BCUT2D eigenvalue weighted by molar-refractivity contribution is 5.95. The monoisotopic (exact) mass is 410 g/mol. The minimum atomic E-state index is -0.415. The van der Waals surface area contributed by atoms with Crippen LogP contribution >= 0.6 is 0 Å². The highest BCUT2D eigenvalue weighted by Gasteiger charge is 2.17. The fraction of sp³-hybridized carbons (Fsp3) is 0.435. The van der Waals surface area contributed by atoms with Gasteiger partial charge in [0.25, 0.3) is 5.91 Å². The van der Waals surface area contributed by atoms with E-state index < -0.39 is 5.97 Å². The number of hydrogen-bond acceptors (Lipinski definition) is 6. The molecule has 0 aliphatic carbocycles. The molecule has 2 heterocycles. The number of benzene rings is 1. The first-order chi connectivity index (χ1) is 14.6. The summed E-state index contributed by atoms with van der Waals surface area (Å²) in [6.07, 6.45) is 0.886. The summed E-state index contributed by atoms with van der Waals surface area (Å²) in [6.45, 7) is 9.41. The topological polar surface area (TPSA) is 74.8 Å². The number of carbonyl (C=O) groups is 2. The van der Waals surface area contributed by atoms with E-state index in [1.54, 1.807) is 26.0 Å². The van der Waals surface area contributed by atoms with Crippen LogP contribution in [-0.2, 0) is 4.74 Å². The molecule has 1 aromatic carbocycles. The van der Waals surface area contributed by atoms with Gasteiger partial charge in [-0.2, -0.15) is 0 Å². The van der Waals surface area contributed by atoms with Crippen molar-refractivity contribution in [1.82, 2.24) is 15.2 Å². The predicted molar refractivity (Wildman–Crippen MR) is 117 cm³/mol. The van der Waals surface area contributed by atoms with E-state index in [9.17, 15) is 9.59 Å². The van der Waals surface area contributed by atoms with E-state index in [4.69, 9.17) is 4.74 Å². The van der Waals surface area contributed by atoms with Gasteiger partial charge in [-0.3, -0.25) is 9.69 Å². The lowest BCUT2D eigenvalue weighted by Gasteiger charge is -2.36. The minimum absolute atomic E-state index is 0.220. The third-order valence-corrected chi connectivity index (χ3v) is 5.24. The lowest BCUT2D eigenvalue weighted by Crippen LogP contribution is -2.47. The average Bonchev–Trinajstić information content (AvgIpc) is 2.77. The Balaban J connectivity index is 1.38. The van der Waals surface area contributed by atoms with Crippen LogP contribution < -0.4 is 10.2 Å². The SMILES string of the molecule is CCOC(=O)c1ccc(C(=O)NCCCN2CCN(c3ccccc3)CC2)nc1C. The normalized spacial score (nSPS) is 14.4. The number of piperazine rings is 1. The molecule has 1 aromatic heterocycles. The Labute approximate surface area is 178 Å². The predicted octanol–water partition coefficient (Wildman–Crippen LogP) is 2.51. The fourth-order valence-corrected chi connectivity index (χ4v) is 3.58. The van der Waals surface area contributed by atoms with Crippen molar-refractivity contribution in [1.29, 1.82) is 0 Å². The number of aromatic nitrogens is 1. The van der Waals surface area contributed by atoms with E-state index in [2.05, 4.69) is 44.4 Å². The van der Waals surface area contributed by atoms with Crippen LogP contribution in [0.2, 0.25) is 0 Å².